The maximum atomic E-state index is 13.6. The summed E-state index contributed by atoms with van der Waals surface area (Å²) in [6.45, 7) is 3.53. The zero-order valence-electron chi connectivity index (χ0n) is 15.7. The zero-order chi connectivity index (χ0) is 18.4. The van der Waals surface area contributed by atoms with Crippen molar-refractivity contribution < 1.29 is 14.7 Å². The van der Waals surface area contributed by atoms with Crippen LogP contribution in [0.25, 0.3) is 0 Å². The second kappa shape index (κ2) is 6.40. The normalized spacial score (nSPS) is 26.5. The van der Waals surface area contributed by atoms with E-state index in [1.807, 2.05) is 4.90 Å². The topological polar surface area (TPSA) is 57.6 Å². The van der Waals surface area contributed by atoms with Crippen LogP contribution in [-0.4, -0.2) is 35.0 Å². The molecule has 3 fully saturated rings. The van der Waals surface area contributed by atoms with Crippen LogP contribution in [0.3, 0.4) is 0 Å². The molecule has 1 aromatic rings. The number of amides is 1. The summed E-state index contributed by atoms with van der Waals surface area (Å²) in [6.07, 6.45) is 7.80. The van der Waals surface area contributed by atoms with Crippen molar-refractivity contribution in [1.82, 2.24) is 4.90 Å². The third-order valence-electron chi connectivity index (χ3n) is 7.22. The molecule has 4 rings (SSSR count). The minimum Gasteiger partial charge on any atom is -0.481 e. The number of hydrogen-bond acceptors (Lipinski definition) is 2. The van der Waals surface area contributed by atoms with Gasteiger partial charge in [-0.2, -0.15) is 0 Å². The molecule has 1 saturated heterocycles. The van der Waals surface area contributed by atoms with Crippen LogP contribution in [0.4, 0.5) is 0 Å². The maximum Gasteiger partial charge on any atom is 0.307 e. The summed E-state index contributed by atoms with van der Waals surface area (Å²) < 4.78 is 0. The highest BCUT2D eigenvalue weighted by atomic mass is 16.4. The zero-order valence-corrected chi connectivity index (χ0v) is 15.7. The number of hydrogen-bond donors (Lipinski definition) is 1. The van der Waals surface area contributed by atoms with Crippen molar-refractivity contribution in [3.8, 4) is 0 Å². The van der Waals surface area contributed by atoms with Crippen LogP contribution in [0, 0.1) is 18.3 Å². The number of carboxylic acids is 1. The molecule has 0 radical (unpaired) electrons. The minimum absolute atomic E-state index is 0.0221. The molecular weight excluding hydrogens is 326 g/mol. The summed E-state index contributed by atoms with van der Waals surface area (Å²) in [4.78, 5) is 27.0. The molecule has 1 aliphatic heterocycles. The highest BCUT2D eigenvalue weighted by Crippen LogP contribution is 2.59. The van der Waals surface area contributed by atoms with E-state index in [9.17, 15) is 14.7 Å². The first-order chi connectivity index (χ1) is 12.5. The number of aryl methyl sites for hydroxylation is 1. The molecule has 1 spiro atoms. The highest BCUT2D eigenvalue weighted by Gasteiger charge is 2.59. The van der Waals surface area contributed by atoms with Gasteiger partial charge in [-0.05, 0) is 50.0 Å². The largest absolute Gasteiger partial charge is 0.481 e. The van der Waals surface area contributed by atoms with Crippen LogP contribution < -0.4 is 0 Å². The highest BCUT2D eigenvalue weighted by molar-refractivity contribution is 5.88. The Hall–Kier alpha value is -1.84. The number of nitrogens with zero attached hydrogens (tertiary/aromatic N) is 1. The average molecular weight is 355 g/mol. The molecule has 140 valence electrons. The lowest BCUT2D eigenvalue weighted by molar-refractivity contribution is -0.141. The fourth-order valence-corrected chi connectivity index (χ4v) is 5.43. The van der Waals surface area contributed by atoms with Crippen LogP contribution in [0.1, 0.15) is 62.5 Å². The first kappa shape index (κ1) is 17.6. The van der Waals surface area contributed by atoms with Gasteiger partial charge >= 0.3 is 5.97 Å². The molecule has 0 bridgehead atoms. The fraction of sp³-hybridized carbons (Fsp3) is 0.636. The summed E-state index contributed by atoms with van der Waals surface area (Å²) in [5.74, 6) is -0.557. The fourth-order valence-electron chi connectivity index (χ4n) is 5.43. The Morgan fingerprint density at radius 3 is 2.35 bits per heavy atom. The number of carbonyl (C=O) groups is 2. The third-order valence-corrected chi connectivity index (χ3v) is 7.22. The Morgan fingerprint density at radius 2 is 1.77 bits per heavy atom. The van der Waals surface area contributed by atoms with Crippen molar-refractivity contribution in [2.75, 3.05) is 13.1 Å². The Labute approximate surface area is 155 Å². The molecule has 1 N–H and O–H groups in total. The second-order valence-corrected chi connectivity index (χ2v) is 8.76. The van der Waals surface area contributed by atoms with E-state index in [2.05, 4.69) is 31.2 Å². The lowest BCUT2D eigenvalue weighted by Crippen LogP contribution is -2.51. The molecule has 26 heavy (non-hydrogen) atoms. The van der Waals surface area contributed by atoms with Gasteiger partial charge in [0.1, 0.15) is 0 Å². The molecule has 1 amide bonds. The van der Waals surface area contributed by atoms with E-state index in [-0.39, 0.29) is 22.7 Å². The number of carbonyl (C=O) groups excluding carboxylic acids is 1. The molecule has 2 saturated carbocycles. The van der Waals surface area contributed by atoms with Crippen LogP contribution >= 0.6 is 0 Å². The Kier molecular flexibility index (Phi) is 4.32. The van der Waals surface area contributed by atoms with Crippen LogP contribution in [0.5, 0.6) is 0 Å². The van der Waals surface area contributed by atoms with E-state index in [1.165, 1.54) is 17.5 Å². The maximum absolute atomic E-state index is 13.6. The predicted molar refractivity (Wildman–Crippen MR) is 99.9 cm³/mol. The molecule has 4 heteroatoms. The van der Waals surface area contributed by atoms with Gasteiger partial charge in [0, 0.05) is 13.1 Å². The van der Waals surface area contributed by atoms with Crippen LogP contribution in [0.2, 0.25) is 0 Å². The van der Waals surface area contributed by atoms with E-state index in [0.29, 0.717) is 0 Å². The molecule has 4 nitrogen and oxygen atoms in total. The van der Waals surface area contributed by atoms with Crippen molar-refractivity contribution in [2.24, 2.45) is 11.3 Å². The van der Waals surface area contributed by atoms with Gasteiger partial charge in [-0.3, -0.25) is 9.59 Å². The quantitative estimate of drug-likeness (QED) is 0.894. The molecule has 1 aromatic carbocycles. The van der Waals surface area contributed by atoms with Crippen LogP contribution in [0.15, 0.2) is 24.3 Å². The van der Waals surface area contributed by atoms with E-state index in [0.717, 1.165) is 58.0 Å². The molecule has 0 aromatic heterocycles. The van der Waals surface area contributed by atoms with E-state index < -0.39 is 5.97 Å². The summed E-state index contributed by atoms with van der Waals surface area (Å²) in [7, 11) is 0. The van der Waals surface area contributed by atoms with Crippen LogP contribution in [-0.2, 0) is 15.0 Å². The Balaban J connectivity index is 1.54. The van der Waals surface area contributed by atoms with Crippen molar-refractivity contribution in [2.45, 2.75) is 63.7 Å². The summed E-state index contributed by atoms with van der Waals surface area (Å²) in [5.41, 5.74) is 1.99. The summed E-state index contributed by atoms with van der Waals surface area (Å²) in [5, 5.41) is 9.28. The molecular formula is C22H29NO3. The van der Waals surface area contributed by atoms with Gasteiger partial charge in [-0.1, -0.05) is 49.1 Å². The van der Waals surface area contributed by atoms with Gasteiger partial charge in [0.2, 0.25) is 5.91 Å². The second-order valence-electron chi connectivity index (χ2n) is 8.76. The molecule has 1 heterocycles. The molecule has 3 aliphatic rings. The Bertz CT molecular complexity index is 712. The number of likely N-dealkylation sites (tertiary alicyclic amines) is 1. The van der Waals surface area contributed by atoms with Gasteiger partial charge in [-0.15, -0.1) is 0 Å². The SMILES string of the molecule is Cc1cccc(C2(C(=O)N3CCC4(CC3)CC4C(=O)O)CCCCC2)c1. The number of piperidine rings is 1. The first-order valence-corrected chi connectivity index (χ1v) is 10.1. The standard InChI is InChI=1S/C22H29NO3/c1-16-6-5-7-17(14-16)22(8-3-2-4-9-22)20(26)23-12-10-21(11-13-23)15-18(21)19(24)25/h5-7,14,18H,2-4,8-13,15H2,1H3,(H,24,25). The predicted octanol–water partition coefficient (Wildman–Crippen LogP) is 3.91. The average Bonchev–Trinajstić information content (AvgIpc) is 3.36. The number of aliphatic carboxylic acids is 1. The number of benzene rings is 1. The van der Waals surface area contributed by atoms with Gasteiger partial charge < -0.3 is 10.0 Å². The number of rotatable bonds is 3. The van der Waals surface area contributed by atoms with Crippen molar-refractivity contribution in [3.63, 3.8) is 0 Å². The smallest absolute Gasteiger partial charge is 0.307 e. The number of carboxylic acid groups (broad SMARTS) is 1. The van der Waals surface area contributed by atoms with Gasteiger partial charge in [-0.25, -0.2) is 0 Å². The van der Waals surface area contributed by atoms with Crippen molar-refractivity contribution >= 4 is 11.9 Å². The van der Waals surface area contributed by atoms with Crippen molar-refractivity contribution in [3.05, 3.63) is 35.4 Å². The van der Waals surface area contributed by atoms with Gasteiger partial charge in [0.25, 0.3) is 0 Å². The summed E-state index contributed by atoms with van der Waals surface area (Å²) in [6, 6.07) is 8.48. The van der Waals surface area contributed by atoms with E-state index >= 15 is 0 Å². The molecule has 2 aliphatic carbocycles. The molecule has 1 unspecified atom stereocenters. The third kappa shape index (κ3) is 2.83. The minimum atomic E-state index is -0.659. The van der Waals surface area contributed by atoms with Crippen molar-refractivity contribution in [1.29, 1.82) is 0 Å². The van der Waals surface area contributed by atoms with Gasteiger partial charge in [0.05, 0.1) is 11.3 Å². The first-order valence-electron chi connectivity index (χ1n) is 10.1. The van der Waals surface area contributed by atoms with E-state index in [1.54, 1.807) is 0 Å². The lowest BCUT2D eigenvalue weighted by Gasteiger charge is -2.43. The van der Waals surface area contributed by atoms with Gasteiger partial charge in [0.15, 0.2) is 0 Å². The molecule has 1 atom stereocenters. The summed E-state index contributed by atoms with van der Waals surface area (Å²) >= 11 is 0. The monoisotopic (exact) mass is 355 g/mol. The Morgan fingerprint density at radius 1 is 1.08 bits per heavy atom. The lowest BCUT2D eigenvalue weighted by atomic mass is 9.68. The van der Waals surface area contributed by atoms with E-state index in [4.69, 9.17) is 0 Å².